The Morgan fingerprint density at radius 1 is 0.821 bits per heavy atom. The average Bonchev–Trinajstić information content (AvgIpc) is 3.14. The molecule has 1 fully saturated rings. The van der Waals surface area contributed by atoms with Crippen LogP contribution in [-0.4, -0.2) is 6.54 Å². The summed E-state index contributed by atoms with van der Waals surface area (Å²) in [6.45, 7) is 6.31. The van der Waals surface area contributed by atoms with E-state index in [1.807, 2.05) is 0 Å². The van der Waals surface area contributed by atoms with Gasteiger partial charge in [-0.1, -0.05) is 77.9 Å². The van der Waals surface area contributed by atoms with E-state index in [1.165, 1.54) is 33.5 Å². The fourth-order valence-electron chi connectivity index (χ4n) is 4.72. The van der Waals surface area contributed by atoms with Crippen LogP contribution in [0, 0.1) is 19.8 Å². The van der Waals surface area contributed by atoms with Crippen molar-refractivity contribution in [2.75, 3.05) is 11.4 Å². The van der Waals surface area contributed by atoms with E-state index >= 15 is 0 Å². The number of fused-ring (bicyclic) bond motifs is 3. The van der Waals surface area contributed by atoms with Crippen LogP contribution in [0.2, 0.25) is 0 Å². The van der Waals surface area contributed by atoms with Crippen LogP contribution < -0.4 is 15.8 Å². The van der Waals surface area contributed by atoms with Crippen LogP contribution in [0.25, 0.3) is 0 Å². The van der Waals surface area contributed by atoms with Crippen molar-refractivity contribution in [2.24, 2.45) is 5.92 Å². The Morgan fingerprint density at radius 2 is 1.54 bits per heavy atom. The highest BCUT2D eigenvalue weighted by molar-refractivity contribution is 5.59. The number of nitrogens with zero attached hydrogens (tertiary/aromatic N) is 1. The molecular weight excluding hydrogens is 342 g/mol. The van der Waals surface area contributed by atoms with E-state index in [-0.39, 0.29) is 0 Å². The Kier molecular flexibility index (Phi) is 4.42. The minimum Gasteiger partial charge on any atom is -0.367 e. The van der Waals surface area contributed by atoms with Crippen LogP contribution in [0.3, 0.4) is 0 Å². The van der Waals surface area contributed by atoms with Crippen LogP contribution >= 0.6 is 0 Å². The molecule has 2 heterocycles. The molecule has 2 aliphatic rings. The van der Waals surface area contributed by atoms with Crippen molar-refractivity contribution in [3.05, 3.63) is 101 Å². The largest absolute Gasteiger partial charge is 0.367 e. The van der Waals surface area contributed by atoms with E-state index in [9.17, 15) is 0 Å². The number of hydrazine groups is 1. The summed E-state index contributed by atoms with van der Waals surface area (Å²) in [6, 6.07) is 27.3. The first-order valence-corrected chi connectivity index (χ1v) is 10.2. The topological polar surface area (TPSA) is 27.3 Å². The Morgan fingerprint density at radius 3 is 2.32 bits per heavy atom. The summed E-state index contributed by atoms with van der Waals surface area (Å²) in [6.07, 6.45) is 0. The minimum absolute atomic E-state index is 0.320. The molecule has 3 aromatic rings. The highest BCUT2D eigenvalue weighted by Crippen LogP contribution is 2.45. The van der Waals surface area contributed by atoms with E-state index in [0.29, 0.717) is 18.0 Å². The summed E-state index contributed by atoms with van der Waals surface area (Å²) in [5.74, 6) is 0.488. The summed E-state index contributed by atoms with van der Waals surface area (Å²) >= 11 is 0. The molecule has 0 aliphatic carbocycles. The summed E-state index contributed by atoms with van der Waals surface area (Å²) in [5, 5.41) is 0. The number of benzene rings is 3. The van der Waals surface area contributed by atoms with Crippen LogP contribution in [0.1, 0.15) is 39.9 Å². The lowest BCUT2D eigenvalue weighted by atomic mass is 9.81. The highest BCUT2D eigenvalue weighted by atomic mass is 15.4. The quantitative estimate of drug-likeness (QED) is 0.692. The zero-order chi connectivity index (χ0) is 19.1. The van der Waals surface area contributed by atoms with Gasteiger partial charge < -0.3 is 4.90 Å². The van der Waals surface area contributed by atoms with Crippen LogP contribution in [0.5, 0.6) is 0 Å². The minimum atomic E-state index is 0.320. The molecular formula is C25H27N3. The maximum Gasteiger partial charge on any atom is 0.0546 e. The van der Waals surface area contributed by atoms with Crippen molar-refractivity contribution in [3.63, 3.8) is 0 Å². The molecule has 28 heavy (non-hydrogen) atoms. The van der Waals surface area contributed by atoms with Gasteiger partial charge in [0.1, 0.15) is 0 Å². The van der Waals surface area contributed by atoms with Gasteiger partial charge in [0.2, 0.25) is 0 Å². The summed E-state index contributed by atoms with van der Waals surface area (Å²) < 4.78 is 0. The number of hydrogen-bond acceptors (Lipinski definition) is 3. The van der Waals surface area contributed by atoms with E-state index in [4.69, 9.17) is 0 Å². The fraction of sp³-hybridized carbons (Fsp3) is 0.280. The van der Waals surface area contributed by atoms with Crippen LogP contribution in [-0.2, 0) is 6.54 Å². The smallest absolute Gasteiger partial charge is 0.0546 e. The van der Waals surface area contributed by atoms with Gasteiger partial charge in [-0.15, -0.1) is 0 Å². The molecule has 3 atom stereocenters. The van der Waals surface area contributed by atoms with Gasteiger partial charge in [0.15, 0.2) is 0 Å². The number of hydrogen-bond donors (Lipinski definition) is 2. The third kappa shape index (κ3) is 3.11. The van der Waals surface area contributed by atoms with Gasteiger partial charge in [0.05, 0.1) is 12.1 Å². The number of nitrogens with one attached hydrogen (secondary N) is 2. The molecule has 1 saturated heterocycles. The van der Waals surface area contributed by atoms with E-state index in [1.54, 1.807) is 0 Å². The molecule has 5 rings (SSSR count). The second-order valence-electron chi connectivity index (χ2n) is 8.25. The van der Waals surface area contributed by atoms with Crippen molar-refractivity contribution >= 4 is 5.69 Å². The zero-order valence-electron chi connectivity index (χ0n) is 16.5. The van der Waals surface area contributed by atoms with Gasteiger partial charge in [-0.3, -0.25) is 0 Å². The monoisotopic (exact) mass is 369 g/mol. The second-order valence-corrected chi connectivity index (χ2v) is 8.25. The molecule has 3 nitrogen and oxygen atoms in total. The standard InChI is InChI=1S/C25H27N3/c1-17-8-11-19(12-9-17)15-28-16-22-24(20-6-4-3-5-7-20)26-27-25(22)21-14-18(2)10-13-23(21)28/h3-14,22,24-27H,15-16H2,1-2H3. The summed E-state index contributed by atoms with van der Waals surface area (Å²) in [4.78, 5) is 2.56. The Labute approximate surface area is 167 Å². The van der Waals surface area contributed by atoms with Crippen LogP contribution in [0.15, 0.2) is 72.8 Å². The molecule has 3 unspecified atom stereocenters. The highest BCUT2D eigenvalue weighted by Gasteiger charge is 2.43. The number of rotatable bonds is 3. The lowest BCUT2D eigenvalue weighted by Crippen LogP contribution is -2.39. The molecule has 3 aromatic carbocycles. The number of anilines is 1. The molecule has 2 N–H and O–H groups in total. The van der Waals surface area contributed by atoms with Gasteiger partial charge in [0.25, 0.3) is 0 Å². The average molecular weight is 370 g/mol. The summed E-state index contributed by atoms with van der Waals surface area (Å²) in [7, 11) is 0. The molecule has 142 valence electrons. The lowest BCUT2D eigenvalue weighted by molar-refractivity contribution is 0.402. The molecule has 0 spiro atoms. The van der Waals surface area contributed by atoms with E-state index in [2.05, 4.69) is 102 Å². The Bertz CT molecular complexity index is 965. The van der Waals surface area contributed by atoms with Crippen molar-refractivity contribution in [1.29, 1.82) is 0 Å². The van der Waals surface area contributed by atoms with Gasteiger partial charge in [0, 0.05) is 24.7 Å². The van der Waals surface area contributed by atoms with Crippen molar-refractivity contribution in [2.45, 2.75) is 32.5 Å². The lowest BCUT2D eigenvalue weighted by Gasteiger charge is -2.39. The van der Waals surface area contributed by atoms with E-state index in [0.717, 1.165) is 13.1 Å². The van der Waals surface area contributed by atoms with Crippen molar-refractivity contribution in [3.8, 4) is 0 Å². The fourth-order valence-corrected chi connectivity index (χ4v) is 4.72. The van der Waals surface area contributed by atoms with Crippen molar-refractivity contribution in [1.82, 2.24) is 10.9 Å². The molecule has 3 heteroatoms. The Hall–Kier alpha value is -2.62. The molecule has 0 saturated carbocycles. The molecule has 2 aliphatic heterocycles. The van der Waals surface area contributed by atoms with Gasteiger partial charge in [-0.05, 0) is 36.6 Å². The zero-order valence-corrected chi connectivity index (χ0v) is 16.5. The molecule has 0 radical (unpaired) electrons. The van der Waals surface area contributed by atoms with Crippen molar-refractivity contribution < 1.29 is 0 Å². The maximum atomic E-state index is 3.61. The SMILES string of the molecule is Cc1ccc(CN2CC3C(c4ccccc4)NNC3c3cc(C)ccc32)cc1. The van der Waals surface area contributed by atoms with Crippen LogP contribution in [0.4, 0.5) is 5.69 Å². The van der Waals surface area contributed by atoms with Gasteiger partial charge in [-0.2, -0.15) is 0 Å². The number of aryl methyl sites for hydroxylation is 2. The summed E-state index contributed by atoms with van der Waals surface area (Å²) in [5.41, 5.74) is 15.3. The molecule has 0 amide bonds. The van der Waals surface area contributed by atoms with E-state index < -0.39 is 0 Å². The normalized spacial score (nSPS) is 23.4. The second kappa shape index (κ2) is 7.08. The predicted molar refractivity (Wildman–Crippen MR) is 115 cm³/mol. The van der Waals surface area contributed by atoms with Gasteiger partial charge in [-0.25, -0.2) is 10.9 Å². The third-order valence-corrected chi connectivity index (χ3v) is 6.19. The molecule has 0 aromatic heterocycles. The Balaban J connectivity index is 1.51. The van der Waals surface area contributed by atoms with Gasteiger partial charge >= 0.3 is 0 Å². The molecule has 0 bridgehead atoms. The predicted octanol–water partition coefficient (Wildman–Crippen LogP) is 4.83. The third-order valence-electron chi connectivity index (χ3n) is 6.19. The first kappa shape index (κ1) is 17.5. The maximum absolute atomic E-state index is 3.61. The first-order valence-electron chi connectivity index (χ1n) is 10.2. The first-order chi connectivity index (χ1) is 13.7.